The number of aliphatic hydroxyl groups excluding tert-OH is 1. The summed E-state index contributed by atoms with van der Waals surface area (Å²) in [6.07, 6.45) is -0.190. The number of anilines is 1. The highest BCUT2D eigenvalue weighted by Crippen LogP contribution is 2.23. The Morgan fingerprint density at radius 2 is 2.05 bits per heavy atom. The highest BCUT2D eigenvalue weighted by Gasteiger charge is 2.19. The Balaban J connectivity index is 2.79. The van der Waals surface area contributed by atoms with Gasteiger partial charge in [-0.1, -0.05) is 13.8 Å². The third-order valence-electron chi connectivity index (χ3n) is 2.76. The van der Waals surface area contributed by atoms with E-state index < -0.39 is 16.1 Å². The number of rotatable bonds is 7. The van der Waals surface area contributed by atoms with Crippen LogP contribution in [0.25, 0.3) is 0 Å². The van der Waals surface area contributed by atoms with E-state index in [4.69, 9.17) is 10.5 Å². The van der Waals surface area contributed by atoms with Crippen molar-refractivity contribution >= 4 is 15.7 Å². The van der Waals surface area contributed by atoms with Crippen LogP contribution in [0, 0.1) is 5.92 Å². The maximum Gasteiger partial charge on any atom is 0.242 e. The van der Waals surface area contributed by atoms with E-state index in [1.54, 1.807) is 0 Å². The lowest BCUT2D eigenvalue weighted by Crippen LogP contribution is -2.33. The molecule has 114 valence electrons. The summed E-state index contributed by atoms with van der Waals surface area (Å²) in [7, 11) is -2.26. The number of benzene rings is 1. The Bertz CT molecular complexity index is 543. The minimum absolute atomic E-state index is 0.0185. The molecule has 4 N–H and O–H groups in total. The average Bonchev–Trinajstić information content (AvgIpc) is 2.35. The molecule has 7 heteroatoms. The highest BCUT2D eigenvalue weighted by molar-refractivity contribution is 7.89. The second kappa shape index (κ2) is 6.92. The number of hydrogen-bond acceptors (Lipinski definition) is 5. The van der Waals surface area contributed by atoms with Gasteiger partial charge in [0.05, 0.1) is 18.9 Å². The van der Waals surface area contributed by atoms with Gasteiger partial charge < -0.3 is 15.6 Å². The number of nitrogens with two attached hydrogens (primary N) is 1. The Morgan fingerprint density at radius 3 is 2.55 bits per heavy atom. The van der Waals surface area contributed by atoms with Crippen molar-refractivity contribution in [2.45, 2.75) is 31.3 Å². The standard InChI is InChI=1S/C13H22N2O4S/c1-9(2)6-10(16)8-15-20(17,18)13-5-4-11(19-3)7-12(13)14/h4-5,7,9-10,15-16H,6,8,14H2,1-3H3. The molecule has 0 aliphatic carbocycles. The van der Waals surface area contributed by atoms with Crippen LogP contribution >= 0.6 is 0 Å². The molecule has 0 spiro atoms. The third kappa shape index (κ3) is 4.66. The molecule has 1 aromatic carbocycles. The first-order valence-corrected chi connectivity index (χ1v) is 7.86. The van der Waals surface area contributed by atoms with Crippen LogP contribution in [-0.2, 0) is 10.0 Å². The van der Waals surface area contributed by atoms with Gasteiger partial charge in [0.2, 0.25) is 10.0 Å². The third-order valence-corrected chi connectivity index (χ3v) is 4.26. The summed E-state index contributed by atoms with van der Waals surface area (Å²) in [5.41, 5.74) is 5.82. The largest absolute Gasteiger partial charge is 0.497 e. The van der Waals surface area contributed by atoms with Crippen molar-refractivity contribution in [3.8, 4) is 5.75 Å². The summed E-state index contributed by atoms with van der Waals surface area (Å²) in [6, 6.07) is 4.35. The minimum atomic E-state index is -3.74. The van der Waals surface area contributed by atoms with E-state index in [1.165, 1.54) is 25.3 Å². The quantitative estimate of drug-likeness (QED) is 0.651. The van der Waals surface area contributed by atoms with Gasteiger partial charge in [0.1, 0.15) is 10.6 Å². The van der Waals surface area contributed by atoms with E-state index >= 15 is 0 Å². The molecule has 0 radical (unpaired) electrons. The second-order valence-corrected chi connectivity index (χ2v) is 6.77. The van der Waals surface area contributed by atoms with Crippen molar-refractivity contribution in [2.24, 2.45) is 5.92 Å². The average molecular weight is 302 g/mol. The van der Waals surface area contributed by atoms with Crippen molar-refractivity contribution in [3.05, 3.63) is 18.2 Å². The van der Waals surface area contributed by atoms with Crippen LogP contribution in [0.4, 0.5) is 5.69 Å². The summed E-state index contributed by atoms with van der Waals surface area (Å²) in [5.74, 6) is 0.779. The van der Waals surface area contributed by atoms with Crippen molar-refractivity contribution in [1.29, 1.82) is 0 Å². The lowest BCUT2D eigenvalue weighted by Gasteiger charge is -2.15. The summed E-state index contributed by atoms with van der Waals surface area (Å²) in [5, 5.41) is 9.70. The molecule has 0 heterocycles. The van der Waals surface area contributed by atoms with Gasteiger partial charge >= 0.3 is 0 Å². The topological polar surface area (TPSA) is 102 Å². The van der Waals surface area contributed by atoms with Crippen LogP contribution < -0.4 is 15.2 Å². The molecule has 1 aromatic rings. The SMILES string of the molecule is COc1ccc(S(=O)(=O)NCC(O)CC(C)C)c(N)c1. The molecule has 0 saturated heterocycles. The van der Waals surface area contributed by atoms with Crippen LogP contribution in [-0.4, -0.2) is 33.3 Å². The first-order chi connectivity index (χ1) is 9.26. The van der Waals surface area contributed by atoms with E-state index in [1.807, 2.05) is 13.8 Å². The van der Waals surface area contributed by atoms with Gasteiger partial charge in [-0.25, -0.2) is 13.1 Å². The lowest BCUT2D eigenvalue weighted by molar-refractivity contribution is 0.152. The molecule has 1 rings (SSSR count). The summed E-state index contributed by atoms with van der Waals surface area (Å²) in [4.78, 5) is -0.0185. The zero-order chi connectivity index (χ0) is 15.3. The first kappa shape index (κ1) is 16.7. The van der Waals surface area contributed by atoms with Crippen LogP contribution in [0.2, 0.25) is 0 Å². The molecular formula is C13H22N2O4S. The molecule has 0 aliphatic heterocycles. The number of nitrogen functional groups attached to an aromatic ring is 1. The normalized spacial score (nSPS) is 13.4. The molecule has 1 unspecified atom stereocenters. The molecule has 0 saturated carbocycles. The van der Waals surface area contributed by atoms with E-state index in [-0.39, 0.29) is 17.1 Å². The molecule has 20 heavy (non-hydrogen) atoms. The van der Waals surface area contributed by atoms with E-state index in [2.05, 4.69) is 4.72 Å². The molecule has 1 atom stereocenters. The Labute approximate surface area is 120 Å². The summed E-state index contributed by atoms with van der Waals surface area (Å²) >= 11 is 0. The number of methoxy groups -OCH3 is 1. The van der Waals surface area contributed by atoms with Gasteiger partial charge in [-0.05, 0) is 24.5 Å². The van der Waals surface area contributed by atoms with Gasteiger partial charge in [-0.3, -0.25) is 0 Å². The van der Waals surface area contributed by atoms with Gasteiger partial charge in [0.15, 0.2) is 0 Å². The molecule has 0 aromatic heterocycles. The van der Waals surface area contributed by atoms with Crippen LogP contribution in [0.1, 0.15) is 20.3 Å². The number of aliphatic hydroxyl groups is 1. The smallest absolute Gasteiger partial charge is 0.242 e. The summed E-state index contributed by atoms with van der Waals surface area (Å²) < 4.78 is 31.5. The van der Waals surface area contributed by atoms with Crippen LogP contribution in [0.15, 0.2) is 23.1 Å². The second-order valence-electron chi connectivity index (χ2n) is 5.04. The Morgan fingerprint density at radius 1 is 1.40 bits per heavy atom. The number of sulfonamides is 1. The monoisotopic (exact) mass is 302 g/mol. The maximum atomic E-state index is 12.1. The van der Waals surface area contributed by atoms with E-state index in [9.17, 15) is 13.5 Å². The molecule has 0 bridgehead atoms. The lowest BCUT2D eigenvalue weighted by atomic mass is 10.1. The predicted molar refractivity (Wildman–Crippen MR) is 78.1 cm³/mol. The fraction of sp³-hybridized carbons (Fsp3) is 0.538. The van der Waals surface area contributed by atoms with E-state index in [0.29, 0.717) is 18.1 Å². The first-order valence-electron chi connectivity index (χ1n) is 6.37. The fourth-order valence-corrected chi connectivity index (χ4v) is 2.99. The molecule has 0 amide bonds. The maximum absolute atomic E-state index is 12.1. The molecule has 0 fully saturated rings. The minimum Gasteiger partial charge on any atom is -0.497 e. The van der Waals surface area contributed by atoms with Gasteiger partial charge in [0.25, 0.3) is 0 Å². The summed E-state index contributed by atoms with van der Waals surface area (Å²) in [6.45, 7) is 3.88. The number of ether oxygens (including phenoxy) is 1. The number of hydrogen-bond donors (Lipinski definition) is 3. The highest BCUT2D eigenvalue weighted by atomic mass is 32.2. The zero-order valence-corrected chi connectivity index (χ0v) is 12.8. The Hall–Kier alpha value is -1.31. The van der Waals surface area contributed by atoms with Gasteiger partial charge in [0, 0.05) is 12.6 Å². The van der Waals surface area contributed by atoms with Crippen molar-refractivity contribution < 1.29 is 18.3 Å². The van der Waals surface area contributed by atoms with E-state index in [0.717, 1.165) is 0 Å². The number of nitrogens with one attached hydrogen (secondary N) is 1. The molecule has 0 aliphatic rings. The van der Waals surface area contributed by atoms with Crippen LogP contribution in [0.3, 0.4) is 0 Å². The van der Waals surface area contributed by atoms with Crippen molar-refractivity contribution in [2.75, 3.05) is 19.4 Å². The zero-order valence-electron chi connectivity index (χ0n) is 12.0. The van der Waals surface area contributed by atoms with Gasteiger partial charge in [-0.15, -0.1) is 0 Å². The predicted octanol–water partition coefficient (Wildman–Crippen LogP) is 0.963. The van der Waals surface area contributed by atoms with Crippen molar-refractivity contribution in [3.63, 3.8) is 0 Å². The van der Waals surface area contributed by atoms with Crippen LogP contribution in [0.5, 0.6) is 5.75 Å². The molecular weight excluding hydrogens is 280 g/mol. The van der Waals surface area contributed by atoms with Gasteiger partial charge in [-0.2, -0.15) is 0 Å². The molecule has 6 nitrogen and oxygen atoms in total. The Kier molecular flexibility index (Phi) is 5.79. The van der Waals surface area contributed by atoms with Crippen molar-refractivity contribution in [1.82, 2.24) is 4.72 Å². The fourth-order valence-electron chi connectivity index (χ4n) is 1.81.